The third-order valence-corrected chi connectivity index (χ3v) is 3.57. The van der Waals surface area contributed by atoms with Crippen LogP contribution in [0.1, 0.15) is 25.8 Å². The number of anilines is 2. The Balaban J connectivity index is 2.34. The van der Waals surface area contributed by atoms with Gasteiger partial charge in [0.15, 0.2) is 0 Å². The van der Waals surface area contributed by atoms with Crippen molar-refractivity contribution in [3.8, 4) is 0 Å². The van der Waals surface area contributed by atoms with E-state index in [1.807, 2.05) is 6.07 Å². The molecule has 0 aliphatic carbocycles. The fraction of sp³-hybridized carbons (Fsp3) is 0.417. The van der Waals surface area contributed by atoms with Crippen molar-refractivity contribution in [1.29, 1.82) is 0 Å². The summed E-state index contributed by atoms with van der Waals surface area (Å²) < 4.78 is 0. The molecular formula is C12H16N2OS. The lowest BCUT2D eigenvalue weighted by Gasteiger charge is -2.19. The molecule has 16 heavy (non-hydrogen) atoms. The monoisotopic (exact) mass is 236 g/mol. The third kappa shape index (κ3) is 2.32. The van der Waals surface area contributed by atoms with Crippen LogP contribution in [0.15, 0.2) is 17.0 Å². The van der Waals surface area contributed by atoms with Gasteiger partial charge in [-0.05, 0) is 24.1 Å². The number of thioether (sulfide) groups is 1. The Morgan fingerprint density at radius 2 is 2.12 bits per heavy atom. The Morgan fingerprint density at radius 1 is 1.38 bits per heavy atom. The fourth-order valence-electron chi connectivity index (χ4n) is 1.78. The number of benzene rings is 1. The molecule has 1 amide bonds. The number of nitrogens with one attached hydrogen (secondary N) is 1. The number of carbonyl (C=O) groups is 1. The number of carbonyl (C=O) groups excluding carboxylic acids is 1. The van der Waals surface area contributed by atoms with E-state index in [4.69, 9.17) is 5.73 Å². The molecule has 3 nitrogen and oxygen atoms in total. The first-order chi connectivity index (χ1) is 7.56. The molecule has 0 saturated heterocycles. The molecule has 86 valence electrons. The van der Waals surface area contributed by atoms with Crippen LogP contribution in [0.5, 0.6) is 0 Å². The SMILES string of the molecule is CC(C)Sc1cc2c(cc1N)NC(=O)CC2. The van der Waals surface area contributed by atoms with Crippen LogP contribution < -0.4 is 11.1 Å². The van der Waals surface area contributed by atoms with Gasteiger partial charge in [-0.15, -0.1) is 11.8 Å². The molecular weight excluding hydrogens is 220 g/mol. The third-order valence-electron chi connectivity index (χ3n) is 2.49. The first-order valence-corrected chi connectivity index (χ1v) is 6.33. The molecule has 0 saturated carbocycles. The summed E-state index contributed by atoms with van der Waals surface area (Å²) in [5.74, 6) is 0.0798. The predicted octanol–water partition coefficient (Wildman–Crippen LogP) is 2.65. The zero-order valence-corrected chi connectivity index (χ0v) is 10.4. The van der Waals surface area contributed by atoms with Crippen LogP contribution in [0.2, 0.25) is 0 Å². The van der Waals surface area contributed by atoms with E-state index in [0.717, 1.165) is 22.7 Å². The minimum atomic E-state index is 0.0798. The summed E-state index contributed by atoms with van der Waals surface area (Å²) in [4.78, 5) is 12.4. The van der Waals surface area contributed by atoms with E-state index in [0.29, 0.717) is 11.7 Å². The van der Waals surface area contributed by atoms with E-state index in [9.17, 15) is 4.79 Å². The molecule has 0 spiro atoms. The van der Waals surface area contributed by atoms with Crippen molar-refractivity contribution in [2.45, 2.75) is 36.8 Å². The van der Waals surface area contributed by atoms with Gasteiger partial charge in [-0.1, -0.05) is 13.8 Å². The van der Waals surface area contributed by atoms with Crippen molar-refractivity contribution in [2.75, 3.05) is 11.1 Å². The van der Waals surface area contributed by atoms with Crippen LogP contribution in [-0.2, 0) is 11.2 Å². The highest BCUT2D eigenvalue weighted by molar-refractivity contribution is 8.00. The molecule has 1 aliphatic rings. The van der Waals surface area contributed by atoms with Gasteiger partial charge in [0.1, 0.15) is 0 Å². The average Bonchev–Trinajstić information content (AvgIpc) is 2.19. The summed E-state index contributed by atoms with van der Waals surface area (Å²) in [6.45, 7) is 4.29. The maximum Gasteiger partial charge on any atom is 0.224 e. The van der Waals surface area contributed by atoms with Crippen LogP contribution in [0.3, 0.4) is 0 Å². The van der Waals surface area contributed by atoms with E-state index >= 15 is 0 Å². The Morgan fingerprint density at radius 3 is 2.81 bits per heavy atom. The van der Waals surface area contributed by atoms with E-state index in [2.05, 4.69) is 25.2 Å². The Kier molecular flexibility index (Phi) is 3.10. The van der Waals surface area contributed by atoms with Gasteiger partial charge in [0, 0.05) is 27.9 Å². The highest BCUT2D eigenvalue weighted by atomic mass is 32.2. The van der Waals surface area contributed by atoms with Gasteiger partial charge in [0.2, 0.25) is 5.91 Å². The number of fused-ring (bicyclic) bond motifs is 1. The van der Waals surface area contributed by atoms with Gasteiger partial charge in [0.25, 0.3) is 0 Å². The maximum absolute atomic E-state index is 11.2. The van der Waals surface area contributed by atoms with Crippen LogP contribution in [0.25, 0.3) is 0 Å². The second kappa shape index (κ2) is 4.37. The van der Waals surface area contributed by atoms with Crippen molar-refractivity contribution in [3.05, 3.63) is 17.7 Å². The molecule has 1 aromatic carbocycles. The highest BCUT2D eigenvalue weighted by Crippen LogP contribution is 2.35. The summed E-state index contributed by atoms with van der Waals surface area (Å²) >= 11 is 1.76. The molecule has 1 heterocycles. The van der Waals surface area contributed by atoms with Crippen LogP contribution in [0.4, 0.5) is 11.4 Å². The lowest BCUT2D eigenvalue weighted by atomic mass is 10.0. The highest BCUT2D eigenvalue weighted by Gasteiger charge is 2.17. The van der Waals surface area contributed by atoms with Crippen LogP contribution in [-0.4, -0.2) is 11.2 Å². The van der Waals surface area contributed by atoms with Crippen LogP contribution >= 0.6 is 11.8 Å². The second-order valence-corrected chi connectivity index (χ2v) is 5.88. The molecule has 0 radical (unpaired) electrons. The first-order valence-electron chi connectivity index (χ1n) is 5.45. The molecule has 1 aromatic rings. The van der Waals surface area contributed by atoms with Crippen molar-refractivity contribution in [3.63, 3.8) is 0 Å². The smallest absolute Gasteiger partial charge is 0.224 e. The van der Waals surface area contributed by atoms with E-state index in [-0.39, 0.29) is 5.91 Å². The van der Waals surface area contributed by atoms with Gasteiger partial charge in [-0.2, -0.15) is 0 Å². The van der Waals surface area contributed by atoms with Gasteiger partial charge < -0.3 is 11.1 Å². The van der Waals surface area contributed by atoms with Crippen molar-refractivity contribution < 1.29 is 4.79 Å². The fourth-order valence-corrected chi connectivity index (χ4v) is 2.69. The van der Waals surface area contributed by atoms with Crippen LogP contribution in [0, 0.1) is 0 Å². The quantitative estimate of drug-likeness (QED) is 0.613. The number of rotatable bonds is 2. The van der Waals surface area contributed by atoms with Gasteiger partial charge in [0.05, 0.1) is 0 Å². The largest absolute Gasteiger partial charge is 0.398 e. The zero-order chi connectivity index (χ0) is 11.7. The van der Waals surface area contributed by atoms with Crippen molar-refractivity contribution in [2.24, 2.45) is 0 Å². The number of nitrogens with two attached hydrogens (primary N) is 1. The van der Waals surface area contributed by atoms with E-state index in [1.54, 1.807) is 11.8 Å². The summed E-state index contributed by atoms with van der Waals surface area (Å²) in [6, 6.07) is 3.98. The molecule has 0 bridgehead atoms. The summed E-state index contributed by atoms with van der Waals surface area (Å²) in [5, 5.41) is 3.37. The number of hydrogen-bond donors (Lipinski definition) is 2. The standard InChI is InChI=1S/C12H16N2OS/c1-7(2)16-11-5-8-3-4-12(15)14-10(8)6-9(11)13/h5-7H,3-4,13H2,1-2H3,(H,14,15). The molecule has 0 aromatic heterocycles. The van der Waals surface area contributed by atoms with Crippen molar-refractivity contribution >= 4 is 29.0 Å². The van der Waals surface area contributed by atoms with Gasteiger partial charge >= 0.3 is 0 Å². The maximum atomic E-state index is 11.2. The summed E-state index contributed by atoms with van der Waals surface area (Å²) in [6.07, 6.45) is 1.38. The minimum absolute atomic E-state index is 0.0798. The predicted molar refractivity (Wildman–Crippen MR) is 68.8 cm³/mol. The summed E-state index contributed by atoms with van der Waals surface area (Å²) in [5.41, 5.74) is 8.78. The summed E-state index contributed by atoms with van der Waals surface area (Å²) in [7, 11) is 0. The molecule has 4 heteroatoms. The number of amides is 1. The first kappa shape index (κ1) is 11.3. The number of hydrogen-bond acceptors (Lipinski definition) is 3. The zero-order valence-electron chi connectivity index (χ0n) is 9.54. The lowest BCUT2D eigenvalue weighted by molar-refractivity contribution is -0.116. The molecule has 1 aliphatic heterocycles. The van der Waals surface area contributed by atoms with E-state index < -0.39 is 0 Å². The van der Waals surface area contributed by atoms with E-state index in [1.165, 1.54) is 5.56 Å². The normalized spacial score (nSPS) is 14.8. The topological polar surface area (TPSA) is 55.1 Å². The van der Waals surface area contributed by atoms with Gasteiger partial charge in [-0.3, -0.25) is 4.79 Å². The molecule has 0 fully saturated rings. The number of aryl methyl sites for hydroxylation is 1. The molecule has 0 unspecified atom stereocenters. The second-order valence-electron chi connectivity index (χ2n) is 4.26. The molecule has 2 rings (SSSR count). The van der Waals surface area contributed by atoms with Crippen molar-refractivity contribution in [1.82, 2.24) is 0 Å². The Hall–Kier alpha value is -1.16. The average molecular weight is 236 g/mol. The Labute approximate surface area is 99.8 Å². The van der Waals surface area contributed by atoms with Gasteiger partial charge in [-0.25, -0.2) is 0 Å². The molecule has 0 atom stereocenters. The Bertz CT molecular complexity index is 429. The number of nitrogen functional groups attached to an aromatic ring is 1. The molecule has 3 N–H and O–H groups in total. The minimum Gasteiger partial charge on any atom is -0.398 e. The lowest BCUT2D eigenvalue weighted by Crippen LogP contribution is -2.19.